The van der Waals surface area contributed by atoms with Crippen molar-refractivity contribution in [1.82, 2.24) is 5.32 Å². The zero-order valence-electron chi connectivity index (χ0n) is 17.5. The van der Waals surface area contributed by atoms with E-state index in [9.17, 15) is 19.5 Å². The van der Waals surface area contributed by atoms with E-state index in [1.165, 1.54) is 18.6 Å². The van der Waals surface area contributed by atoms with Crippen molar-refractivity contribution in [3.63, 3.8) is 0 Å². The summed E-state index contributed by atoms with van der Waals surface area (Å²) in [5.74, 6) is -0.849. The number of carbonyl (C=O) groups excluding carboxylic acids is 2. The van der Waals surface area contributed by atoms with Gasteiger partial charge in [0.05, 0.1) is 5.56 Å². The summed E-state index contributed by atoms with van der Waals surface area (Å²) in [4.78, 5) is 34.8. The summed E-state index contributed by atoms with van der Waals surface area (Å²) in [6, 6.07) is 7.83. The molecule has 1 aliphatic carbocycles. The van der Waals surface area contributed by atoms with Gasteiger partial charge in [-0.1, -0.05) is 6.42 Å². The maximum Gasteiger partial charge on any atom is 0.312 e. The number of carbonyl (C=O) groups is 3. The number of rotatable bonds is 8. The molecular weight excluding hydrogens is 400 g/mol. The number of ether oxygens (including phenoxy) is 1. The molecule has 0 atom stereocenters. The molecule has 1 fully saturated rings. The minimum absolute atomic E-state index is 0.122. The van der Waals surface area contributed by atoms with Crippen molar-refractivity contribution in [2.24, 2.45) is 5.92 Å². The molecule has 1 saturated carbocycles. The lowest BCUT2D eigenvalue weighted by molar-refractivity contribution is -0.139. The van der Waals surface area contributed by atoms with E-state index in [0.29, 0.717) is 29.6 Å². The number of phenolic OH excluding ortho intramolecular Hbond substituents is 1. The molecule has 0 bridgehead atoms. The SMILES string of the molecule is Cc1cc(NC(=O)CC(=O)O)cc(C)c1Oc1ccc(O)c(C(=O)NCC2CCC2)c1. The van der Waals surface area contributed by atoms with Crippen LogP contribution in [0.2, 0.25) is 0 Å². The van der Waals surface area contributed by atoms with E-state index in [2.05, 4.69) is 10.6 Å². The summed E-state index contributed by atoms with van der Waals surface area (Å²) in [6.45, 7) is 4.18. The minimum atomic E-state index is -1.20. The smallest absolute Gasteiger partial charge is 0.312 e. The van der Waals surface area contributed by atoms with Crippen LogP contribution in [0.25, 0.3) is 0 Å². The lowest BCUT2D eigenvalue weighted by atomic mass is 9.85. The second-order valence-corrected chi connectivity index (χ2v) is 7.85. The highest BCUT2D eigenvalue weighted by Crippen LogP contribution is 2.33. The quantitative estimate of drug-likeness (QED) is 0.477. The number of phenols is 1. The molecule has 8 nitrogen and oxygen atoms in total. The molecule has 0 spiro atoms. The Labute approximate surface area is 180 Å². The number of carboxylic acids is 1. The number of nitrogens with one attached hydrogen (secondary N) is 2. The number of amides is 2. The second-order valence-electron chi connectivity index (χ2n) is 7.85. The van der Waals surface area contributed by atoms with Crippen molar-refractivity contribution in [1.29, 1.82) is 0 Å². The zero-order chi connectivity index (χ0) is 22.5. The van der Waals surface area contributed by atoms with Crippen molar-refractivity contribution in [3.8, 4) is 17.2 Å². The number of anilines is 1. The van der Waals surface area contributed by atoms with Crippen LogP contribution < -0.4 is 15.4 Å². The van der Waals surface area contributed by atoms with Crippen LogP contribution in [0.3, 0.4) is 0 Å². The molecule has 31 heavy (non-hydrogen) atoms. The average molecular weight is 426 g/mol. The number of aryl methyl sites for hydroxylation is 2. The first-order chi connectivity index (χ1) is 14.7. The molecule has 3 rings (SSSR count). The number of benzene rings is 2. The Morgan fingerprint density at radius 3 is 2.35 bits per heavy atom. The number of carboxylic acid groups (broad SMARTS) is 1. The van der Waals surface area contributed by atoms with Crippen LogP contribution in [-0.4, -0.2) is 34.5 Å². The molecule has 2 aromatic carbocycles. The van der Waals surface area contributed by atoms with E-state index in [0.717, 1.165) is 24.0 Å². The maximum absolute atomic E-state index is 12.5. The fraction of sp³-hybridized carbons (Fsp3) is 0.348. The Hall–Kier alpha value is -3.55. The van der Waals surface area contributed by atoms with Gasteiger partial charge >= 0.3 is 5.97 Å². The van der Waals surface area contributed by atoms with Crippen LogP contribution in [0, 0.1) is 19.8 Å². The number of aliphatic carboxylic acids is 1. The highest BCUT2D eigenvalue weighted by Gasteiger charge is 2.20. The van der Waals surface area contributed by atoms with E-state index in [1.807, 2.05) is 0 Å². The van der Waals surface area contributed by atoms with Crippen LogP contribution in [0.15, 0.2) is 30.3 Å². The Balaban J connectivity index is 1.73. The van der Waals surface area contributed by atoms with Gasteiger partial charge in [-0.05, 0) is 74.1 Å². The molecule has 0 aromatic heterocycles. The van der Waals surface area contributed by atoms with E-state index in [1.54, 1.807) is 32.0 Å². The monoisotopic (exact) mass is 426 g/mol. The number of hydrogen-bond acceptors (Lipinski definition) is 5. The molecule has 0 aliphatic heterocycles. The molecular formula is C23H26N2O6. The average Bonchev–Trinajstić information content (AvgIpc) is 2.63. The Morgan fingerprint density at radius 2 is 1.77 bits per heavy atom. The summed E-state index contributed by atoms with van der Waals surface area (Å²) in [6.07, 6.45) is 2.80. The van der Waals surface area contributed by atoms with Crippen LogP contribution in [0.5, 0.6) is 17.2 Å². The topological polar surface area (TPSA) is 125 Å². The van der Waals surface area contributed by atoms with Crippen molar-refractivity contribution in [2.45, 2.75) is 39.5 Å². The molecule has 2 aromatic rings. The third-order valence-electron chi connectivity index (χ3n) is 5.26. The second kappa shape index (κ2) is 9.51. The molecule has 0 unspecified atom stereocenters. The summed E-state index contributed by atoms with van der Waals surface area (Å²) >= 11 is 0. The maximum atomic E-state index is 12.5. The third kappa shape index (κ3) is 5.75. The van der Waals surface area contributed by atoms with E-state index in [4.69, 9.17) is 9.84 Å². The van der Waals surface area contributed by atoms with Crippen molar-refractivity contribution >= 4 is 23.5 Å². The summed E-state index contributed by atoms with van der Waals surface area (Å²) in [5.41, 5.74) is 2.05. The largest absolute Gasteiger partial charge is 0.507 e. The fourth-order valence-electron chi connectivity index (χ4n) is 3.43. The van der Waals surface area contributed by atoms with Gasteiger partial charge in [0.25, 0.3) is 5.91 Å². The van der Waals surface area contributed by atoms with Crippen molar-refractivity contribution in [3.05, 3.63) is 47.0 Å². The number of aromatic hydroxyl groups is 1. The first-order valence-corrected chi connectivity index (χ1v) is 10.1. The molecule has 1 aliphatic rings. The minimum Gasteiger partial charge on any atom is -0.507 e. The van der Waals surface area contributed by atoms with Gasteiger partial charge < -0.3 is 25.6 Å². The van der Waals surface area contributed by atoms with Gasteiger partial charge in [0, 0.05) is 12.2 Å². The zero-order valence-corrected chi connectivity index (χ0v) is 17.5. The molecule has 164 valence electrons. The Kier molecular flexibility index (Phi) is 6.79. The molecule has 4 N–H and O–H groups in total. The van der Waals surface area contributed by atoms with Gasteiger partial charge in [0.2, 0.25) is 5.91 Å². The normalized spacial score (nSPS) is 13.2. The first kappa shape index (κ1) is 22.1. The van der Waals surface area contributed by atoms with Crippen LogP contribution in [-0.2, 0) is 9.59 Å². The van der Waals surface area contributed by atoms with E-state index in [-0.39, 0.29) is 17.2 Å². The Bertz CT molecular complexity index is 990. The molecule has 0 heterocycles. The molecule has 2 amide bonds. The fourth-order valence-corrected chi connectivity index (χ4v) is 3.43. The lowest BCUT2D eigenvalue weighted by Gasteiger charge is -2.25. The summed E-state index contributed by atoms with van der Waals surface area (Å²) in [7, 11) is 0. The predicted octanol–water partition coefficient (Wildman–Crippen LogP) is 3.74. The van der Waals surface area contributed by atoms with E-state index >= 15 is 0 Å². The van der Waals surface area contributed by atoms with E-state index < -0.39 is 18.3 Å². The van der Waals surface area contributed by atoms with Crippen LogP contribution in [0.4, 0.5) is 5.69 Å². The van der Waals surface area contributed by atoms with Gasteiger partial charge in [-0.2, -0.15) is 0 Å². The van der Waals surface area contributed by atoms with Crippen molar-refractivity contribution in [2.75, 3.05) is 11.9 Å². The highest BCUT2D eigenvalue weighted by molar-refractivity contribution is 6.01. The Morgan fingerprint density at radius 1 is 1.10 bits per heavy atom. The molecule has 0 radical (unpaired) electrons. The van der Waals surface area contributed by atoms with Gasteiger partial charge in [0.1, 0.15) is 23.7 Å². The van der Waals surface area contributed by atoms with Gasteiger partial charge in [-0.3, -0.25) is 14.4 Å². The molecule has 0 saturated heterocycles. The highest BCUT2D eigenvalue weighted by atomic mass is 16.5. The predicted molar refractivity (Wildman–Crippen MR) is 115 cm³/mol. The summed E-state index contributed by atoms with van der Waals surface area (Å²) in [5, 5.41) is 24.2. The first-order valence-electron chi connectivity index (χ1n) is 10.1. The van der Waals surface area contributed by atoms with Gasteiger partial charge in [0.15, 0.2) is 0 Å². The molecule has 8 heteroatoms. The van der Waals surface area contributed by atoms with Crippen LogP contribution in [0.1, 0.15) is 47.2 Å². The lowest BCUT2D eigenvalue weighted by Crippen LogP contribution is -2.32. The standard InChI is InChI=1S/C23H26N2O6/c1-13-8-16(25-20(27)11-21(28)29)9-14(2)22(13)31-17-6-7-19(26)18(10-17)23(30)24-12-15-4-3-5-15/h6-10,15,26H,3-5,11-12H2,1-2H3,(H,24,30)(H,25,27)(H,28,29). The third-order valence-corrected chi connectivity index (χ3v) is 5.26. The van der Waals surface area contributed by atoms with Gasteiger partial charge in [-0.25, -0.2) is 0 Å². The van der Waals surface area contributed by atoms with Crippen molar-refractivity contribution < 1.29 is 29.3 Å². The van der Waals surface area contributed by atoms with Gasteiger partial charge in [-0.15, -0.1) is 0 Å². The number of hydrogen-bond donors (Lipinski definition) is 4. The van der Waals surface area contributed by atoms with Crippen LogP contribution >= 0.6 is 0 Å². The summed E-state index contributed by atoms with van der Waals surface area (Å²) < 4.78 is 5.97.